The Balaban J connectivity index is 1.47. The summed E-state index contributed by atoms with van der Waals surface area (Å²) in [5, 5.41) is 10.7. The smallest absolute Gasteiger partial charge is 0.192 e. The number of para-hydroxylation sites is 1. The van der Waals surface area contributed by atoms with E-state index in [1.165, 1.54) is 11.8 Å². The number of aryl methyl sites for hydroxylation is 1. The van der Waals surface area contributed by atoms with Crippen molar-refractivity contribution in [1.82, 2.24) is 19.7 Å². The molecule has 5 nitrogen and oxygen atoms in total. The second-order valence-electron chi connectivity index (χ2n) is 7.65. The molecule has 4 aromatic rings. The molecule has 0 unspecified atom stereocenters. The quantitative estimate of drug-likeness (QED) is 0.345. The number of H-pyrrole nitrogens is 1. The Morgan fingerprint density at radius 2 is 1.90 bits per heavy atom. The molecule has 5 rings (SSSR count). The van der Waals surface area contributed by atoms with E-state index in [4.69, 9.17) is 0 Å². The maximum Gasteiger partial charge on any atom is 0.192 e. The summed E-state index contributed by atoms with van der Waals surface area (Å²) in [6.45, 7) is 3.97. The van der Waals surface area contributed by atoms with Gasteiger partial charge in [-0.3, -0.25) is 9.36 Å². The van der Waals surface area contributed by atoms with Gasteiger partial charge in [-0.2, -0.15) is 0 Å². The van der Waals surface area contributed by atoms with Crippen molar-refractivity contribution in [3.8, 4) is 11.4 Å². The van der Waals surface area contributed by atoms with Crippen LogP contribution in [0.1, 0.15) is 41.7 Å². The van der Waals surface area contributed by atoms with Gasteiger partial charge in [-0.15, -0.1) is 10.2 Å². The summed E-state index contributed by atoms with van der Waals surface area (Å²) in [4.78, 5) is 16.2. The van der Waals surface area contributed by atoms with Crippen molar-refractivity contribution in [3.05, 3.63) is 65.9 Å². The minimum Gasteiger partial charge on any atom is -0.360 e. The van der Waals surface area contributed by atoms with Crippen molar-refractivity contribution in [2.24, 2.45) is 0 Å². The minimum atomic E-state index is -0.227. The van der Waals surface area contributed by atoms with Gasteiger partial charge in [0.05, 0.1) is 5.25 Å². The van der Waals surface area contributed by atoms with Crippen LogP contribution in [0.15, 0.2) is 59.9 Å². The Hall–Kier alpha value is -2.86. The number of hydrogen-bond donors (Lipinski definition) is 1. The number of benzene rings is 2. The fraction of sp³-hybridized carbons (Fsp3) is 0.261. The minimum absolute atomic E-state index is 0.119. The van der Waals surface area contributed by atoms with Gasteiger partial charge in [0.1, 0.15) is 0 Å². The third-order valence-electron chi connectivity index (χ3n) is 5.39. The molecule has 2 aromatic heterocycles. The van der Waals surface area contributed by atoms with Crippen molar-refractivity contribution in [2.45, 2.75) is 43.1 Å². The lowest BCUT2D eigenvalue weighted by Crippen LogP contribution is -2.14. The molecule has 1 atom stereocenters. The third-order valence-corrected chi connectivity index (χ3v) is 6.45. The predicted molar refractivity (Wildman–Crippen MR) is 116 cm³/mol. The van der Waals surface area contributed by atoms with Crippen molar-refractivity contribution >= 4 is 28.4 Å². The molecular formula is C23H22N4OS. The number of aromatic amines is 1. The lowest BCUT2D eigenvalue weighted by atomic mass is 10.1. The van der Waals surface area contributed by atoms with Crippen LogP contribution < -0.4 is 0 Å². The van der Waals surface area contributed by atoms with Gasteiger partial charge in [-0.25, -0.2) is 0 Å². The normalized spacial score (nSPS) is 15.0. The second-order valence-corrected chi connectivity index (χ2v) is 8.95. The number of Topliss-reactive ketones (excluding diaryl/α,β-unsaturated/α-hetero) is 1. The van der Waals surface area contributed by atoms with Crippen molar-refractivity contribution in [2.75, 3.05) is 0 Å². The largest absolute Gasteiger partial charge is 0.360 e. The highest BCUT2D eigenvalue weighted by molar-refractivity contribution is 8.00. The van der Waals surface area contributed by atoms with Gasteiger partial charge in [-0.1, -0.05) is 59.8 Å². The van der Waals surface area contributed by atoms with E-state index in [1.54, 1.807) is 0 Å². The van der Waals surface area contributed by atoms with Gasteiger partial charge in [0.2, 0.25) is 0 Å². The molecule has 0 radical (unpaired) electrons. The number of ketones is 1. The fourth-order valence-corrected chi connectivity index (χ4v) is 4.62. The molecule has 0 aliphatic heterocycles. The van der Waals surface area contributed by atoms with Crippen LogP contribution in [0.4, 0.5) is 0 Å². The number of hydrogen-bond acceptors (Lipinski definition) is 4. The first-order valence-corrected chi connectivity index (χ1v) is 10.8. The summed E-state index contributed by atoms with van der Waals surface area (Å²) in [6, 6.07) is 16.4. The van der Waals surface area contributed by atoms with E-state index in [0.29, 0.717) is 6.04 Å². The SMILES string of the molecule is Cc1ccc(C(=O)[C@H](C)Sc2nnc(-c3c[nH]c4ccccc34)n2C2CC2)cc1. The van der Waals surface area contributed by atoms with Gasteiger partial charge < -0.3 is 4.98 Å². The highest BCUT2D eigenvalue weighted by Crippen LogP contribution is 2.43. The molecule has 0 saturated heterocycles. The Morgan fingerprint density at radius 3 is 2.66 bits per heavy atom. The maximum absolute atomic E-state index is 12.9. The van der Waals surface area contributed by atoms with Crippen LogP contribution in [0.3, 0.4) is 0 Å². The zero-order chi connectivity index (χ0) is 20.0. The van der Waals surface area contributed by atoms with Crippen LogP contribution in [-0.4, -0.2) is 30.8 Å². The number of carbonyl (C=O) groups is 1. The van der Waals surface area contributed by atoms with Gasteiger partial charge in [0.15, 0.2) is 16.8 Å². The molecule has 0 spiro atoms. The van der Waals surface area contributed by atoms with Crippen molar-refractivity contribution < 1.29 is 4.79 Å². The molecule has 1 aliphatic carbocycles. The molecule has 1 fully saturated rings. The summed E-state index contributed by atoms with van der Waals surface area (Å²) < 4.78 is 2.22. The van der Waals surface area contributed by atoms with Crippen LogP contribution in [-0.2, 0) is 0 Å². The number of nitrogens with zero attached hydrogens (tertiary/aromatic N) is 3. The molecule has 29 heavy (non-hydrogen) atoms. The molecular weight excluding hydrogens is 380 g/mol. The Labute approximate surface area is 173 Å². The second kappa shape index (κ2) is 7.19. The molecule has 2 aromatic carbocycles. The number of rotatable bonds is 6. The lowest BCUT2D eigenvalue weighted by molar-refractivity contribution is 0.0994. The number of thioether (sulfide) groups is 1. The van der Waals surface area contributed by atoms with E-state index in [0.717, 1.165) is 51.4 Å². The summed E-state index contributed by atoms with van der Waals surface area (Å²) in [7, 11) is 0. The van der Waals surface area contributed by atoms with E-state index in [9.17, 15) is 4.79 Å². The van der Waals surface area contributed by atoms with Crippen molar-refractivity contribution in [3.63, 3.8) is 0 Å². The maximum atomic E-state index is 12.9. The molecule has 2 heterocycles. The number of fused-ring (bicyclic) bond motifs is 1. The van der Waals surface area contributed by atoms with E-state index >= 15 is 0 Å². The number of aromatic nitrogens is 4. The summed E-state index contributed by atoms with van der Waals surface area (Å²) >= 11 is 1.50. The van der Waals surface area contributed by atoms with Crippen molar-refractivity contribution in [1.29, 1.82) is 0 Å². The zero-order valence-electron chi connectivity index (χ0n) is 16.4. The average Bonchev–Trinajstić information content (AvgIpc) is 3.35. The number of nitrogens with one attached hydrogen (secondary N) is 1. The van der Waals surface area contributed by atoms with Crippen LogP contribution >= 0.6 is 11.8 Å². The first-order chi connectivity index (χ1) is 14.1. The van der Waals surface area contributed by atoms with Crippen LogP contribution in [0.25, 0.3) is 22.3 Å². The van der Waals surface area contributed by atoms with Gasteiger partial charge >= 0.3 is 0 Å². The zero-order valence-corrected chi connectivity index (χ0v) is 17.2. The molecule has 6 heteroatoms. The molecule has 0 amide bonds. The molecule has 0 bridgehead atoms. The van der Waals surface area contributed by atoms with E-state index in [1.807, 2.05) is 56.4 Å². The highest BCUT2D eigenvalue weighted by atomic mass is 32.2. The third kappa shape index (κ3) is 3.38. The molecule has 1 N–H and O–H groups in total. The molecule has 1 aliphatic rings. The molecule has 1 saturated carbocycles. The first-order valence-electron chi connectivity index (χ1n) is 9.91. The number of carbonyl (C=O) groups excluding carboxylic acids is 1. The monoisotopic (exact) mass is 402 g/mol. The first kappa shape index (κ1) is 18.2. The van der Waals surface area contributed by atoms with Gasteiger partial charge in [-0.05, 0) is 32.8 Å². The van der Waals surface area contributed by atoms with Gasteiger partial charge in [0.25, 0.3) is 0 Å². The fourth-order valence-electron chi connectivity index (χ4n) is 3.62. The topological polar surface area (TPSA) is 63.6 Å². The van der Waals surface area contributed by atoms with Crippen LogP contribution in [0.2, 0.25) is 0 Å². The molecule has 146 valence electrons. The van der Waals surface area contributed by atoms with E-state index in [-0.39, 0.29) is 11.0 Å². The Morgan fingerprint density at radius 1 is 1.14 bits per heavy atom. The Bertz CT molecular complexity index is 1190. The van der Waals surface area contributed by atoms with Crippen LogP contribution in [0.5, 0.6) is 0 Å². The average molecular weight is 403 g/mol. The highest BCUT2D eigenvalue weighted by Gasteiger charge is 2.32. The standard InChI is InChI=1S/C23H22N4OS/c1-14-7-9-16(10-8-14)21(28)15(2)29-23-26-25-22(27(23)17-11-12-17)19-13-24-20-6-4-3-5-18(19)20/h3-10,13,15,17,24H,11-12H2,1-2H3/t15-/m0/s1. The Kier molecular flexibility index (Phi) is 4.51. The van der Waals surface area contributed by atoms with Gasteiger partial charge in [0, 0.05) is 34.3 Å². The summed E-state index contributed by atoms with van der Waals surface area (Å²) in [6.07, 6.45) is 4.26. The summed E-state index contributed by atoms with van der Waals surface area (Å²) in [5.74, 6) is 0.997. The van der Waals surface area contributed by atoms with E-state index < -0.39 is 0 Å². The lowest BCUT2D eigenvalue weighted by Gasteiger charge is -2.12. The van der Waals surface area contributed by atoms with Crippen LogP contribution in [0, 0.1) is 6.92 Å². The predicted octanol–water partition coefficient (Wildman–Crippen LogP) is 5.43. The van der Waals surface area contributed by atoms with E-state index in [2.05, 4.69) is 31.9 Å². The summed E-state index contributed by atoms with van der Waals surface area (Å²) in [5.41, 5.74) is 4.04.